The molecule has 0 radical (unpaired) electrons. The predicted octanol–water partition coefficient (Wildman–Crippen LogP) is 3.97. The molecule has 2 heterocycles. The standard InChI is InChI=1S/C21H22N2O4S/c1-13-6-5-7-14(2)20(13)27-12-19(25)26-11-18(24)17-10-15(3)23(16(17)4)21-22-8-9-28-21/h5-10H,11-12H2,1-4H3. The lowest BCUT2D eigenvalue weighted by Gasteiger charge is -2.11. The van der Waals surface area contributed by atoms with Gasteiger partial charge in [-0.15, -0.1) is 11.3 Å². The van der Waals surface area contributed by atoms with E-state index in [1.54, 1.807) is 12.3 Å². The summed E-state index contributed by atoms with van der Waals surface area (Å²) < 4.78 is 12.6. The van der Waals surface area contributed by atoms with Gasteiger partial charge in [-0.05, 0) is 44.9 Å². The fourth-order valence-corrected chi connectivity index (χ4v) is 3.84. The summed E-state index contributed by atoms with van der Waals surface area (Å²) in [6.07, 6.45) is 1.72. The number of Topliss-reactive ketones (excluding diaryl/α,β-unsaturated/α-hetero) is 1. The molecule has 1 aromatic carbocycles. The molecule has 0 saturated carbocycles. The maximum absolute atomic E-state index is 12.5. The van der Waals surface area contributed by atoms with Gasteiger partial charge in [0.1, 0.15) is 5.75 Å². The van der Waals surface area contributed by atoms with Crippen molar-refractivity contribution < 1.29 is 19.1 Å². The number of hydrogen-bond acceptors (Lipinski definition) is 6. The van der Waals surface area contributed by atoms with Crippen LogP contribution in [0.4, 0.5) is 0 Å². The first-order valence-electron chi connectivity index (χ1n) is 8.85. The zero-order valence-corrected chi connectivity index (χ0v) is 17.1. The van der Waals surface area contributed by atoms with Gasteiger partial charge in [-0.1, -0.05) is 18.2 Å². The Balaban J connectivity index is 1.60. The monoisotopic (exact) mass is 398 g/mol. The van der Waals surface area contributed by atoms with Crippen molar-refractivity contribution in [1.29, 1.82) is 0 Å². The van der Waals surface area contributed by atoms with E-state index in [-0.39, 0.29) is 19.0 Å². The molecule has 0 saturated heterocycles. The van der Waals surface area contributed by atoms with Gasteiger partial charge in [-0.2, -0.15) is 0 Å². The lowest BCUT2D eigenvalue weighted by Crippen LogP contribution is -2.20. The average molecular weight is 398 g/mol. The number of ether oxygens (including phenoxy) is 2. The van der Waals surface area contributed by atoms with Crippen molar-refractivity contribution in [2.24, 2.45) is 0 Å². The molecule has 0 aliphatic rings. The molecule has 0 spiro atoms. The average Bonchev–Trinajstić information content (AvgIpc) is 3.27. The van der Waals surface area contributed by atoms with E-state index in [4.69, 9.17) is 9.47 Å². The molecule has 0 aliphatic heterocycles. The number of carbonyl (C=O) groups is 2. The van der Waals surface area contributed by atoms with E-state index in [2.05, 4.69) is 4.98 Å². The quantitative estimate of drug-likeness (QED) is 0.445. The van der Waals surface area contributed by atoms with Gasteiger partial charge in [-0.25, -0.2) is 9.78 Å². The fourth-order valence-electron chi connectivity index (χ4n) is 3.09. The second kappa shape index (κ2) is 8.39. The molecule has 0 bridgehead atoms. The van der Waals surface area contributed by atoms with E-state index in [0.29, 0.717) is 11.3 Å². The molecule has 0 amide bonds. The van der Waals surface area contributed by atoms with E-state index < -0.39 is 5.97 Å². The first kappa shape index (κ1) is 19.8. The van der Waals surface area contributed by atoms with Crippen LogP contribution >= 0.6 is 11.3 Å². The Labute approximate surface area is 167 Å². The highest BCUT2D eigenvalue weighted by atomic mass is 32.1. The predicted molar refractivity (Wildman–Crippen MR) is 108 cm³/mol. The van der Waals surface area contributed by atoms with Crippen LogP contribution in [0.5, 0.6) is 5.75 Å². The second-order valence-corrected chi connectivity index (χ2v) is 7.40. The van der Waals surface area contributed by atoms with Gasteiger partial charge in [0.05, 0.1) is 0 Å². The third kappa shape index (κ3) is 4.14. The molecule has 0 aliphatic carbocycles. The first-order valence-corrected chi connectivity index (χ1v) is 9.73. The second-order valence-electron chi connectivity index (χ2n) is 6.53. The van der Waals surface area contributed by atoms with Crippen molar-refractivity contribution in [2.75, 3.05) is 13.2 Å². The zero-order valence-electron chi connectivity index (χ0n) is 16.3. The molecule has 0 unspecified atom stereocenters. The Bertz CT molecular complexity index is 986. The maximum atomic E-state index is 12.5. The third-order valence-corrected chi connectivity index (χ3v) is 5.21. The largest absolute Gasteiger partial charge is 0.481 e. The number of aromatic nitrogens is 2. The molecule has 0 fully saturated rings. The van der Waals surface area contributed by atoms with E-state index >= 15 is 0 Å². The number of nitrogens with zero attached hydrogens (tertiary/aromatic N) is 2. The summed E-state index contributed by atoms with van der Waals surface area (Å²) in [7, 11) is 0. The molecule has 146 valence electrons. The normalized spacial score (nSPS) is 10.7. The van der Waals surface area contributed by atoms with Crippen molar-refractivity contribution in [2.45, 2.75) is 27.7 Å². The van der Waals surface area contributed by atoms with Crippen LogP contribution < -0.4 is 4.74 Å². The third-order valence-electron chi connectivity index (χ3n) is 4.45. The number of thiazole rings is 1. The minimum atomic E-state index is -0.579. The summed E-state index contributed by atoms with van der Waals surface area (Å²) in [5, 5.41) is 2.68. The number of esters is 1. The van der Waals surface area contributed by atoms with Crippen LogP contribution in [0.3, 0.4) is 0 Å². The Morgan fingerprint density at radius 3 is 2.46 bits per heavy atom. The van der Waals surface area contributed by atoms with Crippen molar-refractivity contribution in [1.82, 2.24) is 9.55 Å². The van der Waals surface area contributed by atoms with Crippen molar-refractivity contribution in [3.05, 3.63) is 63.9 Å². The van der Waals surface area contributed by atoms with Crippen LogP contribution in [0.1, 0.15) is 32.9 Å². The molecular weight excluding hydrogens is 376 g/mol. The Morgan fingerprint density at radius 1 is 1.11 bits per heavy atom. The summed E-state index contributed by atoms with van der Waals surface area (Å²) in [5.74, 6) is -0.168. The van der Waals surface area contributed by atoms with Gasteiger partial charge < -0.3 is 9.47 Å². The molecule has 0 atom stereocenters. The molecule has 3 aromatic rings. The van der Waals surface area contributed by atoms with Crippen LogP contribution in [0.15, 0.2) is 35.8 Å². The lowest BCUT2D eigenvalue weighted by atomic mass is 10.1. The highest BCUT2D eigenvalue weighted by molar-refractivity contribution is 7.12. The van der Waals surface area contributed by atoms with Crippen molar-refractivity contribution >= 4 is 23.1 Å². The summed E-state index contributed by atoms with van der Waals surface area (Å²) in [6, 6.07) is 7.54. The zero-order chi connectivity index (χ0) is 20.3. The topological polar surface area (TPSA) is 70.4 Å². The minimum Gasteiger partial charge on any atom is -0.481 e. The van der Waals surface area contributed by atoms with Gasteiger partial charge in [0.2, 0.25) is 5.78 Å². The lowest BCUT2D eigenvalue weighted by molar-refractivity contribution is -0.144. The number of para-hydroxylation sites is 1. The van der Waals surface area contributed by atoms with Gasteiger partial charge in [0, 0.05) is 28.5 Å². The Hall–Kier alpha value is -2.93. The molecule has 2 aromatic heterocycles. The van der Waals surface area contributed by atoms with Gasteiger partial charge >= 0.3 is 5.97 Å². The number of rotatable bonds is 7. The van der Waals surface area contributed by atoms with Gasteiger partial charge in [-0.3, -0.25) is 9.36 Å². The Kier molecular flexibility index (Phi) is 5.94. The van der Waals surface area contributed by atoms with Crippen LogP contribution in [-0.4, -0.2) is 34.5 Å². The smallest absolute Gasteiger partial charge is 0.344 e. The van der Waals surface area contributed by atoms with E-state index in [9.17, 15) is 9.59 Å². The number of benzene rings is 1. The fraction of sp³-hybridized carbons (Fsp3) is 0.286. The first-order chi connectivity index (χ1) is 13.4. The molecule has 3 rings (SSSR count). The van der Waals surface area contributed by atoms with Crippen LogP contribution in [0.25, 0.3) is 5.13 Å². The van der Waals surface area contributed by atoms with E-state index in [0.717, 1.165) is 27.6 Å². The number of carbonyl (C=O) groups excluding carboxylic acids is 2. The highest BCUT2D eigenvalue weighted by Crippen LogP contribution is 2.23. The van der Waals surface area contributed by atoms with E-state index in [1.807, 2.05) is 55.8 Å². The highest BCUT2D eigenvalue weighted by Gasteiger charge is 2.19. The molecular formula is C21H22N2O4S. The Morgan fingerprint density at radius 2 is 1.82 bits per heavy atom. The number of hydrogen-bond donors (Lipinski definition) is 0. The molecule has 7 heteroatoms. The summed E-state index contributed by atoms with van der Waals surface area (Å²) in [5.41, 5.74) is 4.09. The van der Waals surface area contributed by atoms with E-state index in [1.165, 1.54) is 11.3 Å². The maximum Gasteiger partial charge on any atom is 0.344 e. The van der Waals surface area contributed by atoms with Crippen LogP contribution in [0, 0.1) is 27.7 Å². The summed E-state index contributed by atoms with van der Waals surface area (Å²) in [6.45, 7) is 7.03. The van der Waals surface area contributed by atoms with Crippen molar-refractivity contribution in [3.8, 4) is 10.9 Å². The number of aryl methyl sites for hydroxylation is 3. The van der Waals surface area contributed by atoms with Crippen LogP contribution in [-0.2, 0) is 9.53 Å². The van der Waals surface area contributed by atoms with Gasteiger partial charge in [0.25, 0.3) is 0 Å². The number of ketones is 1. The molecule has 28 heavy (non-hydrogen) atoms. The minimum absolute atomic E-state index is 0.239. The summed E-state index contributed by atoms with van der Waals surface area (Å²) in [4.78, 5) is 28.8. The SMILES string of the molecule is Cc1cccc(C)c1OCC(=O)OCC(=O)c1cc(C)n(-c2nccs2)c1C. The van der Waals surface area contributed by atoms with Crippen LogP contribution in [0.2, 0.25) is 0 Å². The molecule has 0 N–H and O–H groups in total. The van der Waals surface area contributed by atoms with Gasteiger partial charge in [0.15, 0.2) is 18.3 Å². The van der Waals surface area contributed by atoms with Crippen molar-refractivity contribution in [3.63, 3.8) is 0 Å². The summed E-state index contributed by atoms with van der Waals surface area (Å²) >= 11 is 1.49. The molecule has 6 nitrogen and oxygen atoms in total.